The predicted molar refractivity (Wildman–Crippen MR) is 108 cm³/mol. The van der Waals surface area contributed by atoms with E-state index in [-0.39, 0.29) is 0 Å². The zero-order chi connectivity index (χ0) is 18.8. The summed E-state index contributed by atoms with van der Waals surface area (Å²) in [5, 5.41) is 18.1. The summed E-state index contributed by atoms with van der Waals surface area (Å²) in [5.74, 6) is 0.624. The first kappa shape index (κ1) is 17.1. The van der Waals surface area contributed by atoms with E-state index in [0.717, 1.165) is 35.6 Å². The summed E-state index contributed by atoms with van der Waals surface area (Å²) in [6.45, 7) is 4.87. The highest BCUT2D eigenvalue weighted by molar-refractivity contribution is 5.86. The van der Waals surface area contributed by atoms with E-state index in [1.165, 1.54) is 16.3 Å². The minimum atomic E-state index is 0.624. The molecule has 0 radical (unpaired) electrons. The Hall–Kier alpha value is -3.28. The van der Waals surface area contributed by atoms with Gasteiger partial charge in [0, 0.05) is 24.8 Å². The van der Waals surface area contributed by atoms with Crippen LogP contribution >= 0.6 is 0 Å². The number of likely N-dealkylation sites (N-methyl/N-ethyl adjacent to an activating group) is 1. The van der Waals surface area contributed by atoms with Crippen LogP contribution in [0.25, 0.3) is 22.0 Å². The van der Waals surface area contributed by atoms with Crippen molar-refractivity contribution >= 4 is 16.7 Å². The highest BCUT2D eigenvalue weighted by Crippen LogP contribution is 2.23. The van der Waals surface area contributed by atoms with Crippen LogP contribution in [0.2, 0.25) is 0 Å². The molecule has 2 aromatic carbocycles. The molecule has 1 N–H and O–H groups in total. The molecule has 0 saturated heterocycles. The van der Waals surface area contributed by atoms with Crippen molar-refractivity contribution < 1.29 is 0 Å². The van der Waals surface area contributed by atoms with Crippen molar-refractivity contribution in [2.45, 2.75) is 20.3 Å². The molecule has 4 aromatic rings. The van der Waals surface area contributed by atoms with Crippen LogP contribution in [-0.2, 0) is 6.42 Å². The minimum absolute atomic E-state index is 0.624. The molecule has 0 aliphatic rings. The third-order valence-electron chi connectivity index (χ3n) is 4.91. The normalized spacial score (nSPS) is 11.1. The molecular formula is C21H22N6. The quantitative estimate of drug-likeness (QED) is 0.589. The fourth-order valence-electron chi connectivity index (χ4n) is 3.27. The first-order valence-electron chi connectivity index (χ1n) is 9.02. The Morgan fingerprint density at radius 1 is 1.04 bits per heavy atom. The van der Waals surface area contributed by atoms with Gasteiger partial charge in [-0.3, -0.25) is 5.10 Å². The summed E-state index contributed by atoms with van der Waals surface area (Å²) >= 11 is 0. The number of nitrogens with one attached hydrogen (secondary N) is 1. The van der Waals surface area contributed by atoms with E-state index in [2.05, 4.69) is 50.7 Å². The Kier molecular flexibility index (Phi) is 4.54. The van der Waals surface area contributed by atoms with Gasteiger partial charge in [0.05, 0.1) is 17.6 Å². The second-order valence-corrected chi connectivity index (χ2v) is 6.79. The van der Waals surface area contributed by atoms with E-state index in [9.17, 15) is 0 Å². The molecule has 2 aromatic heterocycles. The molecule has 4 rings (SSSR count). The largest absolute Gasteiger partial charge is 0.342 e. The third-order valence-corrected chi connectivity index (χ3v) is 4.91. The predicted octanol–water partition coefficient (Wildman–Crippen LogP) is 3.71. The van der Waals surface area contributed by atoms with Gasteiger partial charge in [0.1, 0.15) is 0 Å². The molecule has 0 saturated carbocycles. The maximum absolute atomic E-state index is 4.72. The Morgan fingerprint density at radius 2 is 1.85 bits per heavy atom. The summed E-state index contributed by atoms with van der Waals surface area (Å²) in [6.07, 6.45) is 2.60. The van der Waals surface area contributed by atoms with Crippen molar-refractivity contribution in [3.63, 3.8) is 0 Å². The summed E-state index contributed by atoms with van der Waals surface area (Å²) in [5.41, 5.74) is 5.28. The van der Waals surface area contributed by atoms with Crippen molar-refractivity contribution in [3.8, 4) is 11.3 Å². The Labute approximate surface area is 158 Å². The molecule has 0 bridgehead atoms. The molecule has 0 fully saturated rings. The minimum Gasteiger partial charge on any atom is -0.342 e. The number of benzene rings is 2. The standard InChI is InChI=1S/C21H22N6/c1-14-19(15(2)25-24-14)10-11-27(3)21-23-20(13-22-26-21)18-9-8-16-6-4-5-7-17(16)12-18/h4-9,12-13H,10-11H2,1-3H3,(H,24,25). The highest BCUT2D eigenvalue weighted by Gasteiger charge is 2.11. The van der Waals surface area contributed by atoms with Crippen LogP contribution in [0.5, 0.6) is 0 Å². The Bertz CT molecular complexity index is 1070. The molecule has 136 valence electrons. The van der Waals surface area contributed by atoms with Gasteiger partial charge in [0.25, 0.3) is 0 Å². The van der Waals surface area contributed by atoms with E-state index < -0.39 is 0 Å². The van der Waals surface area contributed by atoms with Crippen molar-refractivity contribution in [3.05, 3.63) is 65.6 Å². The first-order chi connectivity index (χ1) is 13.1. The topological polar surface area (TPSA) is 70.6 Å². The first-order valence-corrected chi connectivity index (χ1v) is 9.02. The summed E-state index contributed by atoms with van der Waals surface area (Å²) in [7, 11) is 1.99. The number of nitrogens with zero attached hydrogens (tertiary/aromatic N) is 5. The molecule has 0 aliphatic heterocycles. The van der Waals surface area contributed by atoms with Crippen LogP contribution in [0.3, 0.4) is 0 Å². The Morgan fingerprint density at radius 3 is 2.63 bits per heavy atom. The lowest BCUT2D eigenvalue weighted by Gasteiger charge is -2.17. The molecule has 0 unspecified atom stereocenters. The van der Waals surface area contributed by atoms with E-state index in [4.69, 9.17) is 4.98 Å². The number of aromatic amines is 1. The van der Waals surface area contributed by atoms with Gasteiger partial charge in [0.15, 0.2) is 0 Å². The van der Waals surface area contributed by atoms with Crippen LogP contribution in [0.1, 0.15) is 17.0 Å². The average molecular weight is 358 g/mol. The number of anilines is 1. The third kappa shape index (κ3) is 3.51. The number of aryl methyl sites for hydroxylation is 2. The van der Waals surface area contributed by atoms with E-state index in [1.54, 1.807) is 6.20 Å². The monoisotopic (exact) mass is 358 g/mol. The van der Waals surface area contributed by atoms with Crippen molar-refractivity contribution in [2.75, 3.05) is 18.5 Å². The molecule has 6 nitrogen and oxygen atoms in total. The van der Waals surface area contributed by atoms with Gasteiger partial charge in [-0.15, -0.1) is 5.10 Å². The lowest BCUT2D eigenvalue weighted by atomic mass is 10.1. The van der Waals surface area contributed by atoms with Crippen molar-refractivity contribution in [2.24, 2.45) is 0 Å². The lowest BCUT2D eigenvalue weighted by molar-refractivity contribution is 0.808. The lowest BCUT2D eigenvalue weighted by Crippen LogP contribution is -2.23. The molecule has 0 atom stereocenters. The number of fused-ring (bicyclic) bond motifs is 1. The van der Waals surface area contributed by atoms with Crippen molar-refractivity contribution in [1.29, 1.82) is 0 Å². The van der Waals surface area contributed by atoms with Gasteiger partial charge in [-0.05, 0) is 42.7 Å². The van der Waals surface area contributed by atoms with Crippen LogP contribution in [0, 0.1) is 13.8 Å². The molecule has 2 heterocycles. The zero-order valence-corrected chi connectivity index (χ0v) is 15.8. The van der Waals surface area contributed by atoms with E-state index in [1.807, 2.05) is 37.9 Å². The number of rotatable bonds is 5. The summed E-state index contributed by atoms with van der Waals surface area (Å²) < 4.78 is 0. The van der Waals surface area contributed by atoms with E-state index in [0.29, 0.717) is 5.95 Å². The number of aromatic nitrogens is 5. The smallest absolute Gasteiger partial charge is 0.245 e. The Balaban J connectivity index is 1.56. The summed E-state index contributed by atoms with van der Waals surface area (Å²) in [4.78, 5) is 6.75. The summed E-state index contributed by atoms with van der Waals surface area (Å²) in [6, 6.07) is 14.6. The van der Waals surface area contributed by atoms with Crippen molar-refractivity contribution in [1.82, 2.24) is 25.4 Å². The van der Waals surface area contributed by atoms with Crippen LogP contribution in [-0.4, -0.2) is 39.0 Å². The molecular weight excluding hydrogens is 336 g/mol. The van der Waals surface area contributed by atoms with Gasteiger partial charge in [-0.25, -0.2) is 4.98 Å². The van der Waals surface area contributed by atoms with Crippen LogP contribution < -0.4 is 4.90 Å². The molecule has 0 aliphatic carbocycles. The van der Waals surface area contributed by atoms with Crippen LogP contribution in [0.4, 0.5) is 5.95 Å². The van der Waals surface area contributed by atoms with Crippen LogP contribution in [0.15, 0.2) is 48.7 Å². The molecule has 0 spiro atoms. The maximum Gasteiger partial charge on any atom is 0.245 e. The van der Waals surface area contributed by atoms with E-state index >= 15 is 0 Å². The van der Waals surface area contributed by atoms with Gasteiger partial charge in [0.2, 0.25) is 5.95 Å². The average Bonchev–Trinajstić information content (AvgIpc) is 3.03. The second kappa shape index (κ2) is 7.15. The molecule has 0 amide bonds. The zero-order valence-electron chi connectivity index (χ0n) is 15.8. The number of H-pyrrole nitrogens is 1. The van der Waals surface area contributed by atoms with Gasteiger partial charge >= 0.3 is 0 Å². The number of hydrogen-bond acceptors (Lipinski definition) is 5. The SMILES string of the molecule is Cc1n[nH]c(C)c1CCN(C)c1nncc(-c2ccc3ccccc3c2)n1. The van der Waals surface area contributed by atoms with Gasteiger partial charge in [-0.2, -0.15) is 10.2 Å². The van der Waals surface area contributed by atoms with Gasteiger partial charge < -0.3 is 4.90 Å². The fraction of sp³-hybridized carbons (Fsp3) is 0.238. The number of hydrogen-bond donors (Lipinski definition) is 1. The second-order valence-electron chi connectivity index (χ2n) is 6.79. The molecule has 6 heteroatoms. The van der Waals surface area contributed by atoms with Gasteiger partial charge in [-0.1, -0.05) is 36.4 Å². The highest BCUT2D eigenvalue weighted by atomic mass is 15.3. The fourth-order valence-corrected chi connectivity index (χ4v) is 3.27. The maximum atomic E-state index is 4.72. The molecule has 27 heavy (non-hydrogen) atoms.